The van der Waals surface area contributed by atoms with Crippen molar-refractivity contribution in [2.24, 2.45) is 17.8 Å². The van der Waals surface area contributed by atoms with Crippen LogP contribution in [0, 0.1) is 29.4 Å². The van der Waals surface area contributed by atoms with Gasteiger partial charge in [0, 0.05) is 50.0 Å². The molecule has 36 heavy (non-hydrogen) atoms. The number of halogens is 2. The minimum Gasteiger partial charge on any atom is -0.384 e. The number of rotatable bonds is 4. The second-order valence-corrected chi connectivity index (χ2v) is 10.1. The van der Waals surface area contributed by atoms with Gasteiger partial charge in [0.25, 0.3) is 0 Å². The molecule has 1 amide bonds. The van der Waals surface area contributed by atoms with E-state index in [1.165, 1.54) is 18.5 Å². The zero-order chi connectivity index (χ0) is 25.4. The Morgan fingerprint density at radius 1 is 0.972 bits per heavy atom. The monoisotopic (exact) mass is 492 g/mol. The number of hydrogen-bond acceptors (Lipinski definition) is 5. The lowest BCUT2D eigenvalue weighted by Crippen LogP contribution is -2.57. The molecule has 3 heterocycles. The Labute approximate surface area is 209 Å². The molecule has 0 aliphatic carbocycles. The fraction of sp³-hybridized carbons (Fsp3) is 0.393. The van der Waals surface area contributed by atoms with E-state index in [1.807, 2.05) is 49.1 Å². The summed E-state index contributed by atoms with van der Waals surface area (Å²) in [4.78, 5) is 25.9. The van der Waals surface area contributed by atoms with Crippen LogP contribution >= 0.6 is 0 Å². The van der Waals surface area contributed by atoms with Gasteiger partial charge in [-0.2, -0.15) is 0 Å². The van der Waals surface area contributed by atoms with Gasteiger partial charge in [-0.05, 0) is 17.2 Å². The first-order valence-electron chi connectivity index (χ1n) is 12.3. The highest BCUT2D eigenvalue weighted by Crippen LogP contribution is 2.43. The Hall–Kier alpha value is -3.39. The summed E-state index contributed by atoms with van der Waals surface area (Å²) in [5.41, 5.74) is 0.871. The number of aliphatic hydroxyl groups is 1. The molecule has 2 aliphatic heterocycles. The molecular weight excluding hydrogens is 462 g/mol. The van der Waals surface area contributed by atoms with Crippen LogP contribution in [0.15, 0.2) is 67.3 Å². The average Bonchev–Trinajstić information content (AvgIpc) is 3.32. The second kappa shape index (κ2) is 9.58. The molecule has 2 aliphatic rings. The maximum atomic E-state index is 14.9. The standard InChI is InChI=1S/C28H30F2N4O2/c1-18-13-34(14-19(2)28(18,36)20-6-4-3-5-7-20)27(35)25-16-33(22-11-31-17-32-12-22)15-24(25)23-9-8-21(29)10-26(23)30/h3-12,17-19,24-25,36H,13-16H2,1-2H3/t18?,19?,24-,25+,28?/m0/s1. The zero-order valence-electron chi connectivity index (χ0n) is 20.4. The molecule has 2 unspecified atom stereocenters. The van der Waals surface area contributed by atoms with Gasteiger partial charge in [-0.15, -0.1) is 0 Å². The van der Waals surface area contributed by atoms with E-state index < -0.39 is 29.1 Å². The van der Waals surface area contributed by atoms with E-state index in [0.717, 1.165) is 17.3 Å². The maximum Gasteiger partial charge on any atom is 0.228 e. The predicted molar refractivity (Wildman–Crippen MR) is 132 cm³/mol. The lowest BCUT2D eigenvalue weighted by atomic mass is 9.70. The molecule has 2 aromatic carbocycles. The van der Waals surface area contributed by atoms with E-state index in [2.05, 4.69) is 9.97 Å². The number of anilines is 1. The Bertz CT molecular complexity index is 1210. The van der Waals surface area contributed by atoms with Crippen LogP contribution in [0.25, 0.3) is 0 Å². The summed E-state index contributed by atoms with van der Waals surface area (Å²) < 4.78 is 28.5. The molecule has 188 valence electrons. The number of benzene rings is 2. The lowest BCUT2D eigenvalue weighted by molar-refractivity contribution is -0.152. The van der Waals surface area contributed by atoms with Crippen molar-refractivity contribution in [3.05, 3.63) is 90.0 Å². The summed E-state index contributed by atoms with van der Waals surface area (Å²) >= 11 is 0. The first-order valence-corrected chi connectivity index (χ1v) is 12.3. The minimum absolute atomic E-state index is 0.0862. The van der Waals surface area contributed by atoms with Crippen LogP contribution in [0.1, 0.15) is 30.9 Å². The fourth-order valence-corrected chi connectivity index (χ4v) is 6.03. The van der Waals surface area contributed by atoms with E-state index in [9.17, 15) is 18.7 Å². The smallest absolute Gasteiger partial charge is 0.228 e. The van der Waals surface area contributed by atoms with Crippen LogP contribution in [0.2, 0.25) is 0 Å². The van der Waals surface area contributed by atoms with Crippen molar-refractivity contribution in [2.75, 3.05) is 31.1 Å². The fourth-order valence-electron chi connectivity index (χ4n) is 6.03. The molecule has 6 nitrogen and oxygen atoms in total. The third-order valence-electron chi connectivity index (χ3n) is 7.95. The van der Waals surface area contributed by atoms with Crippen LogP contribution in [0.4, 0.5) is 14.5 Å². The molecule has 0 saturated carbocycles. The molecule has 0 radical (unpaired) electrons. The van der Waals surface area contributed by atoms with Crippen LogP contribution in [0.3, 0.4) is 0 Å². The van der Waals surface area contributed by atoms with Crippen molar-refractivity contribution in [1.29, 1.82) is 0 Å². The van der Waals surface area contributed by atoms with Gasteiger partial charge >= 0.3 is 0 Å². The van der Waals surface area contributed by atoms with Crippen LogP contribution in [-0.2, 0) is 10.4 Å². The first-order chi connectivity index (χ1) is 17.3. The Balaban J connectivity index is 1.43. The van der Waals surface area contributed by atoms with Gasteiger partial charge in [0.2, 0.25) is 5.91 Å². The van der Waals surface area contributed by atoms with E-state index in [0.29, 0.717) is 31.7 Å². The normalized spacial score (nSPS) is 28.4. The van der Waals surface area contributed by atoms with Crippen molar-refractivity contribution < 1.29 is 18.7 Å². The maximum absolute atomic E-state index is 14.9. The van der Waals surface area contributed by atoms with Gasteiger partial charge in [-0.3, -0.25) is 4.79 Å². The molecule has 2 fully saturated rings. The number of carbonyl (C=O) groups excluding carboxylic acids is 1. The number of hydrogen-bond donors (Lipinski definition) is 1. The molecule has 2 saturated heterocycles. The van der Waals surface area contributed by atoms with Crippen molar-refractivity contribution in [2.45, 2.75) is 25.4 Å². The highest BCUT2D eigenvalue weighted by Gasteiger charge is 2.49. The summed E-state index contributed by atoms with van der Waals surface area (Å²) in [6.45, 7) is 5.45. The molecule has 0 bridgehead atoms. The van der Waals surface area contributed by atoms with Crippen molar-refractivity contribution in [3.63, 3.8) is 0 Å². The molecular formula is C28H30F2N4O2. The van der Waals surface area contributed by atoms with Gasteiger partial charge in [0.15, 0.2) is 0 Å². The van der Waals surface area contributed by atoms with Crippen molar-refractivity contribution in [1.82, 2.24) is 14.9 Å². The lowest BCUT2D eigenvalue weighted by Gasteiger charge is -2.48. The van der Waals surface area contributed by atoms with Gasteiger partial charge in [-0.1, -0.05) is 50.2 Å². The Kier molecular flexibility index (Phi) is 6.47. The molecule has 0 spiro atoms. The van der Waals surface area contributed by atoms with E-state index >= 15 is 0 Å². The van der Waals surface area contributed by atoms with Crippen molar-refractivity contribution >= 4 is 11.6 Å². The van der Waals surface area contributed by atoms with E-state index in [-0.39, 0.29) is 17.7 Å². The van der Waals surface area contributed by atoms with Crippen LogP contribution in [0.5, 0.6) is 0 Å². The number of carbonyl (C=O) groups is 1. The molecule has 1 N–H and O–H groups in total. The highest BCUT2D eigenvalue weighted by atomic mass is 19.1. The Morgan fingerprint density at radius 2 is 1.64 bits per heavy atom. The number of likely N-dealkylation sites (tertiary alicyclic amines) is 1. The quantitative estimate of drug-likeness (QED) is 0.597. The largest absolute Gasteiger partial charge is 0.384 e. The highest BCUT2D eigenvalue weighted by molar-refractivity contribution is 5.82. The predicted octanol–water partition coefficient (Wildman–Crippen LogP) is 3.98. The molecule has 4 atom stereocenters. The number of aromatic nitrogens is 2. The van der Waals surface area contributed by atoms with Gasteiger partial charge < -0.3 is 14.9 Å². The first kappa shape index (κ1) is 24.3. The number of nitrogens with zero attached hydrogens (tertiary/aromatic N) is 4. The van der Waals surface area contributed by atoms with E-state index in [1.54, 1.807) is 17.3 Å². The zero-order valence-corrected chi connectivity index (χ0v) is 20.4. The molecule has 3 aromatic rings. The van der Waals surface area contributed by atoms with Gasteiger partial charge in [0.1, 0.15) is 18.0 Å². The van der Waals surface area contributed by atoms with Crippen LogP contribution in [-0.4, -0.2) is 52.1 Å². The van der Waals surface area contributed by atoms with E-state index in [4.69, 9.17) is 0 Å². The summed E-state index contributed by atoms with van der Waals surface area (Å²) in [5, 5.41) is 11.7. The number of piperidine rings is 1. The Morgan fingerprint density at radius 3 is 2.28 bits per heavy atom. The summed E-state index contributed by atoms with van der Waals surface area (Å²) in [5.74, 6) is -2.78. The summed E-state index contributed by atoms with van der Waals surface area (Å²) in [6.07, 6.45) is 4.77. The molecule has 1 aromatic heterocycles. The summed E-state index contributed by atoms with van der Waals surface area (Å²) in [7, 11) is 0. The topological polar surface area (TPSA) is 69.6 Å². The molecule has 8 heteroatoms. The SMILES string of the molecule is CC1CN(C(=O)[C@@H]2CN(c3cncnc3)C[C@H]2c2ccc(F)cc2F)CC(C)C1(O)c1ccccc1. The average molecular weight is 493 g/mol. The summed E-state index contributed by atoms with van der Waals surface area (Å²) in [6, 6.07) is 13.1. The van der Waals surface area contributed by atoms with Crippen molar-refractivity contribution in [3.8, 4) is 0 Å². The van der Waals surface area contributed by atoms with Crippen LogP contribution < -0.4 is 4.90 Å². The number of amides is 1. The van der Waals surface area contributed by atoms with Gasteiger partial charge in [0.05, 0.1) is 29.6 Å². The minimum atomic E-state index is -1.05. The third-order valence-corrected chi connectivity index (χ3v) is 7.95. The third kappa shape index (κ3) is 4.23. The van der Waals surface area contributed by atoms with Gasteiger partial charge in [-0.25, -0.2) is 18.7 Å². The second-order valence-electron chi connectivity index (χ2n) is 10.1. The molecule has 5 rings (SSSR count).